The van der Waals surface area contributed by atoms with Gasteiger partial charge >= 0.3 is 0 Å². The highest BCUT2D eigenvalue weighted by molar-refractivity contribution is 5.70. The second-order valence-corrected chi connectivity index (χ2v) is 8.70. The summed E-state index contributed by atoms with van der Waals surface area (Å²) < 4.78 is 5.56. The number of ether oxygens (including phenoxy) is 1. The Bertz CT molecular complexity index is 981. The Labute approximate surface area is 171 Å². The molecule has 7 heteroatoms. The van der Waals surface area contributed by atoms with Gasteiger partial charge in [-0.1, -0.05) is 20.8 Å². The Kier molecular flexibility index (Phi) is 5.36. The molecule has 0 fully saturated rings. The number of methoxy groups -OCH3 is 1. The van der Waals surface area contributed by atoms with Crippen molar-refractivity contribution in [3.8, 4) is 17.1 Å². The third kappa shape index (κ3) is 4.74. The van der Waals surface area contributed by atoms with Crippen LogP contribution in [0.1, 0.15) is 51.7 Å². The zero-order valence-electron chi connectivity index (χ0n) is 18.1. The van der Waals surface area contributed by atoms with Crippen LogP contribution in [-0.2, 0) is 11.0 Å². The molecule has 0 amide bonds. The standard InChI is InChI=1S/C22H29N5O2/c1-13-12-23-19(24-13)15-9-8-14(10-16(15)29-7)25-20-26-17(21(2,3)4)11-18(27-20)22(5,6)28/h8-12,28H,1-7H3,(H,23,24)(H,25,26,27). The quantitative estimate of drug-likeness (QED) is 0.591. The number of aromatic nitrogens is 4. The minimum Gasteiger partial charge on any atom is -0.496 e. The van der Waals surface area contributed by atoms with Gasteiger partial charge in [0.15, 0.2) is 0 Å². The minimum atomic E-state index is -1.07. The van der Waals surface area contributed by atoms with E-state index < -0.39 is 5.60 Å². The minimum absolute atomic E-state index is 0.182. The largest absolute Gasteiger partial charge is 0.496 e. The van der Waals surface area contributed by atoms with E-state index in [0.717, 1.165) is 28.5 Å². The molecule has 0 radical (unpaired) electrons. The van der Waals surface area contributed by atoms with Crippen molar-refractivity contribution in [2.75, 3.05) is 12.4 Å². The molecular weight excluding hydrogens is 366 g/mol. The Balaban J connectivity index is 1.99. The lowest BCUT2D eigenvalue weighted by atomic mass is 9.90. The molecule has 0 atom stereocenters. The highest BCUT2D eigenvalue weighted by atomic mass is 16.5. The van der Waals surface area contributed by atoms with Crippen molar-refractivity contribution in [2.24, 2.45) is 0 Å². The fourth-order valence-corrected chi connectivity index (χ4v) is 2.85. The van der Waals surface area contributed by atoms with E-state index in [1.54, 1.807) is 21.0 Å². The van der Waals surface area contributed by atoms with Crippen LogP contribution < -0.4 is 10.1 Å². The van der Waals surface area contributed by atoms with Crippen molar-refractivity contribution in [3.63, 3.8) is 0 Å². The highest BCUT2D eigenvalue weighted by Crippen LogP contribution is 2.32. The number of H-pyrrole nitrogens is 1. The van der Waals surface area contributed by atoms with Crippen LogP contribution in [0.3, 0.4) is 0 Å². The van der Waals surface area contributed by atoms with E-state index in [2.05, 4.69) is 46.0 Å². The van der Waals surface area contributed by atoms with Crippen molar-refractivity contribution < 1.29 is 9.84 Å². The average Bonchev–Trinajstić information content (AvgIpc) is 3.06. The lowest BCUT2D eigenvalue weighted by Gasteiger charge is -2.23. The van der Waals surface area contributed by atoms with Gasteiger partial charge in [0.1, 0.15) is 17.2 Å². The van der Waals surface area contributed by atoms with Gasteiger partial charge < -0.3 is 20.1 Å². The first-order valence-electron chi connectivity index (χ1n) is 9.57. The molecule has 0 saturated heterocycles. The summed E-state index contributed by atoms with van der Waals surface area (Å²) in [6, 6.07) is 7.59. The summed E-state index contributed by atoms with van der Waals surface area (Å²) in [5.41, 5.74) is 2.72. The molecule has 29 heavy (non-hydrogen) atoms. The molecule has 3 rings (SSSR count). The fourth-order valence-electron chi connectivity index (χ4n) is 2.85. The Morgan fingerprint density at radius 1 is 1.00 bits per heavy atom. The van der Waals surface area contributed by atoms with Crippen LogP contribution in [0.5, 0.6) is 5.75 Å². The van der Waals surface area contributed by atoms with Crippen molar-refractivity contribution >= 4 is 11.6 Å². The van der Waals surface area contributed by atoms with E-state index in [9.17, 15) is 5.11 Å². The zero-order chi connectivity index (χ0) is 21.4. The summed E-state index contributed by atoms with van der Waals surface area (Å²) >= 11 is 0. The summed E-state index contributed by atoms with van der Waals surface area (Å²) in [6.45, 7) is 11.6. The van der Waals surface area contributed by atoms with Crippen LogP contribution in [0.15, 0.2) is 30.5 Å². The van der Waals surface area contributed by atoms with Gasteiger partial charge in [-0.05, 0) is 39.0 Å². The van der Waals surface area contributed by atoms with Crippen LogP contribution in [-0.4, -0.2) is 32.2 Å². The molecule has 0 saturated carbocycles. The number of nitrogens with one attached hydrogen (secondary N) is 2. The summed E-state index contributed by atoms with van der Waals surface area (Å²) in [6.07, 6.45) is 1.85. The van der Waals surface area contributed by atoms with Crippen LogP contribution >= 0.6 is 0 Å². The number of nitrogens with zero attached hydrogens (tertiary/aromatic N) is 3. The fraction of sp³-hybridized carbons (Fsp3) is 0.409. The Morgan fingerprint density at radius 2 is 1.69 bits per heavy atom. The van der Waals surface area contributed by atoms with E-state index in [1.807, 2.05) is 37.4 Å². The van der Waals surface area contributed by atoms with Crippen molar-refractivity contribution in [1.29, 1.82) is 0 Å². The van der Waals surface area contributed by atoms with Crippen molar-refractivity contribution in [2.45, 2.75) is 52.6 Å². The van der Waals surface area contributed by atoms with Crippen LogP contribution in [0.2, 0.25) is 0 Å². The maximum Gasteiger partial charge on any atom is 0.227 e. The topological polar surface area (TPSA) is 95.9 Å². The molecule has 7 nitrogen and oxygen atoms in total. The SMILES string of the molecule is COc1cc(Nc2nc(C(C)(C)C)cc(C(C)(C)O)n2)ccc1-c1nc(C)c[nH]1. The molecule has 2 heterocycles. The van der Waals surface area contributed by atoms with Gasteiger partial charge in [0.25, 0.3) is 0 Å². The van der Waals surface area contributed by atoms with Gasteiger partial charge in [0, 0.05) is 23.4 Å². The van der Waals surface area contributed by atoms with E-state index >= 15 is 0 Å². The summed E-state index contributed by atoms with van der Waals surface area (Å²) in [4.78, 5) is 16.8. The van der Waals surface area contributed by atoms with E-state index in [0.29, 0.717) is 17.4 Å². The Hall–Kier alpha value is -2.93. The molecule has 0 aliphatic heterocycles. The molecule has 154 valence electrons. The van der Waals surface area contributed by atoms with Gasteiger partial charge in [-0.2, -0.15) is 0 Å². The number of hydrogen-bond acceptors (Lipinski definition) is 6. The molecular formula is C22H29N5O2. The average molecular weight is 396 g/mol. The number of benzene rings is 1. The van der Waals surface area contributed by atoms with Crippen LogP contribution in [0.25, 0.3) is 11.4 Å². The van der Waals surface area contributed by atoms with E-state index in [4.69, 9.17) is 4.74 Å². The molecule has 0 spiro atoms. The predicted molar refractivity (Wildman–Crippen MR) is 115 cm³/mol. The maximum atomic E-state index is 10.5. The summed E-state index contributed by atoms with van der Waals surface area (Å²) in [5.74, 6) is 1.86. The molecule has 3 aromatic rings. The lowest BCUT2D eigenvalue weighted by molar-refractivity contribution is 0.0736. The van der Waals surface area contributed by atoms with Gasteiger partial charge in [0.05, 0.1) is 29.8 Å². The smallest absolute Gasteiger partial charge is 0.227 e. The van der Waals surface area contributed by atoms with Crippen LogP contribution in [0.4, 0.5) is 11.6 Å². The van der Waals surface area contributed by atoms with Gasteiger partial charge in [0.2, 0.25) is 5.95 Å². The van der Waals surface area contributed by atoms with Crippen LogP contribution in [0, 0.1) is 6.92 Å². The number of aryl methyl sites for hydroxylation is 1. The molecule has 0 aliphatic rings. The molecule has 1 aromatic carbocycles. The van der Waals surface area contributed by atoms with Gasteiger partial charge in [-0.3, -0.25) is 0 Å². The number of aromatic amines is 1. The van der Waals surface area contributed by atoms with Crippen molar-refractivity contribution in [3.05, 3.63) is 47.5 Å². The highest BCUT2D eigenvalue weighted by Gasteiger charge is 2.24. The van der Waals surface area contributed by atoms with Crippen molar-refractivity contribution in [1.82, 2.24) is 19.9 Å². The molecule has 0 aliphatic carbocycles. The summed E-state index contributed by atoms with van der Waals surface area (Å²) in [7, 11) is 1.63. The second kappa shape index (κ2) is 7.48. The Morgan fingerprint density at radius 3 is 2.24 bits per heavy atom. The second-order valence-electron chi connectivity index (χ2n) is 8.70. The summed E-state index contributed by atoms with van der Waals surface area (Å²) in [5, 5.41) is 13.7. The molecule has 0 bridgehead atoms. The number of rotatable bonds is 5. The normalized spacial score (nSPS) is 12.1. The first-order valence-corrected chi connectivity index (χ1v) is 9.57. The molecule has 2 aromatic heterocycles. The predicted octanol–water partition coefficient (Wildman–Crippen LogP) is 4.45. The first kappa shape index (κ1) is 20.8. The third-order valence-corrected chi connectivity index (χ3v) is 4.54. The van der Waals surface area contributed by atoms with E-state index in [-0.39, 0.29) is 5.41 Å². The zero-order valence-corrected chi connectivity index (χ0v) is 18.1. The lowest BCUT2D eigenvalue weighted by Crippen LogP contribution is -2.22. The monoisotopic (exact) mass is 395 g/mol. The number of anilines is 2. The first-order chi connectivity index (χ1) is 13.5. The molecule has 3 N–H and O–H groups in total. The number of hydrogen-bond donors (Lipinski definition) is 3. The third-order valence-electron chi connectivity index (χ3n) is 4.54. The van der Waals surface area contributed by atoms with Gasteiger partial charge in [-0.25, -0.2) is 15.0 Å². The number of imidazole rings is 1. The van der Waals surface area contributed by atoms with Gasteiger partial charge in [-0.15, -0.1) is 0 Å². The number of aliphatic hydroxyl groups is 1. The molecule has 0 unspecified atom stereocenters. The van der Waals surface area contributed by atoms with E-state index in [1.165, 1.54) is 0 Å². The maximum absolute atomic E-state index is 10.5.